The van der Waals surface area contributed by atoms with Gasteiger partial charge in [-0.05, 0) is 88.7 Å². The van der Waals surface area contributed by atoms with Gasteiger partial charge in [-0.2, -0.15) is 0 Å². The fourth-order valence-corrected chi connectivity index (χ4v) is 7.42. The van der Waals surface area contributed by atoms with Crippen molar-refractivity contribution in [3.05, 3.63) is 152 Å². The van der Waals surface area contributed by atoms with E-state index in [-0.39, 0.29) is 17.7 Å². The molecular formula is C36H27Cl2IN2O5S. The van der Waals surface area contributed by atoms with E-state index in [1.807, 2.05) is 78.9 Å². The number of esters is 1. The minimum atomic E-state index is -0.795. The van der Waals surface area contributed by atoms with Crippen molar-refractivity contribution < 1.29 is 19.0 Å². The van der Waals surface area contributed by atoms with Crippen LogP contribution in [0.15, 0.2) is 106 Å². The molecule has 0 fully saturated rings. The maximum Gasteiger partial charge on any atom is 0.338 e. The number of thiazole rings is 1. The highest BCUT2D eigenvalue weighted by Gasteiger charge is 2.35. The zero-order chi connectivity index (χ0) is 33.1. The summed E-state index contributed by atoms with van der Waals surface area (Å²) in [6.07, 6.45) is 1.80. The number of ether oxygens (including phenoxy) is 3. The summed E-state index contributed by atoms with van der Waals surface area (Å²) in [4.78, 5) is 33.2. The first-order valence-electron chi connectivity index (χ1n) is 14.6. The van der Waals surface area contributed by atoms with Crippen molar-refractivity contribution >= 4 is 74.9 Å². The molecule has 5 aromatic rings. The Labute approximate surface area is 298 Å². The molecule has 0 unspecified atom stereocenters. The highest BCUT2D eigenvalue weighted by molar-refractivity contribution is 14.1. The summed E-state index contributed by atoms with van der Waals surface area (Å²) in [6.45, 7) is 2.22. The normalized spacial score (nSPS) is 14.4. The molecule has 2 heterocycles. The highest BCUT2D eigenvalue weighted by atomic mass is 127. The van der Waals surface area contributed by atoms with Gasteiger partial charge in [-0.1, -0.05) is 89.1 Å². The Morgan fingerprint density at radius 1 is 1.00 bits per heavy atom. The molecule has 0 bridgehead atoms. The van der Waals surface area contributed by atoms with E-state index in [4.69, 9.17) is 42.4 Å². The van der Waals surface area contributed by atoms with Crippen LogP contribution in [0.1, 0.15) is 35.2 Å². The van der Waals surface area contributed by atoms with E-state index in [1.54, 1.807) is 36.8 Å². The van der Waals surface area contributed by atoms with E-state index in [0.29, 0.717) is 48.7 Å². The van der Waals surface area contributed by atoms with E-state index in [1.165, 1.54) is 11.3 Å². The van der Waals surface area contributed by atoms with Gasteiger partial charge in [-0.3, -0.25) is 9.36 Å². The molecule has 7 nitrogen and oxygen atoms in total. The molecule has 238 valence electrons. The van der Waals surface area contributed by atoms with Crippen LogP contribution >= 0.6 is 57.1 Å². The number of nitrogens with zero attached hydrogens (tertiary/aromatic N) is 2. The van der Waals surface area contributed by atoms with E-state index in [9.17, 15) is 9.59 Å². The van der Waals surface area contributed by atoms with Gasteiger partial charge in [0.2, 0.25) is 0 Å². The number of methoxy groups -OCH3 is 1. The molecule has 4 aromatic carbocycles. The van der Waals surface area contributed by atoms with Gasteiger partial charge in [0, 0.05) is 15.6 Å². The summed E-state index contributed by atoms with van der Waals surface area (Å²) < 4.78 is 20.2. The minimum absolute atomic E-state index is 0.168. The molecule has 11 heteroatoms. The molecule has 0 amide bonds. The molecule has 1 aromatic heterocycles. The number of carbonyl (C=O) groups is 1. The molecule has 0 aliphatic carbocycles. The fraction of sp³-hybridized carbons (Fsp3) is 0.139. The van der Waals surface area contributed by atoms with Gasteiger partial charge in [-0.15, -0.1) is 0 Å². The van der Waals surface area contributed by atoms with Crippen molar-refractivity contribution in [3.8, 4) is 11.5 Å². The molecule has 0 spiro atoms. The standard InChI is InChI=1S/C36H27Cl2IN2O5S/c1-3-45-35(43)30-31(23-9-5-4-6-10-23)40-36-41(32(30)24-12-14-25(37)15-13-24)34(42)29(47-36)19-22-17-27(39)33(28(18-22)44-2)46-20-21-8-7-11-26(38)16-21/h4-19,32H,3,20H2,1-2H3/b29-19-/t32-/m0/s1. The van der Waals surface area contributed by atoms with Crippen LogP contribution in [0.5, 0.6) is 11.5 Å². The summed E-state index contributed by atoms with van der Waals surface area (Å²) in [5, 5.41) is 1.17. The average molecular weight is 797 g/mol. The van der Waals surface area contributed by atoms with Crippen LogP contribution in [-0.2, 0) is 16.1 Å². The van der Waals surface area contributed by atoms with E-state index >= 15 is 0 Å². The zero-order valence-electron chi connectivity index (χ0n) is 25.2. The number of aromatic nitrogens is 1. The number of hydrogen-bond donors (Lipinski definition) is 0. The number of halogens is 3. The number of rotatable bonds is 9. The Morgan fingerprint density at radius 2 is 1.77 bits per heavy atom. The van der Waals surface area contributed by atoms with Gasteiger partial charge in [0.25, 0.3) is 5.56 Å². The van der Waals surface area contributed by atoms with Crippen LogP contribution in [-0.4, -0.2) is 24.3 Å². The van der Waals surface area contributed by atoms with E-state index in [0.717, 1.165) is 20.3 Å². The molecule has 6 rings (SSSR count). The van der Waals surface area contributed by atoms with Crippen LogP contribution in [0.2, 0.25) is 10.0 Å². The fourth-order valence-electron chi connectivity index (χ4n) is 5.30. The van der Waals surface area contributed by atoms with Crippen molar-refractivity contribution in [2.45, 2.75) is 19.6 Å². The van der Waals surface area contributed by atoms with Gasteiger partial charge in [0.1, 0.15) is 6.61 Å². The molecule has 1 aliphatic heterocycles. The van der Waals surface area contributed by atoms with Crippen LogP contribution in [0, 0.1) is 3.57 Å². The molecule has 0 saturated heterocycles. The summed E-state index contributed by atoms with van der Waals surface area (Å²) in [6, 6.07) is 26.9. The Morgan fingerprint density at radius 3 is 2.47 bits per heavy atom. The zero-order valence-corrected chi connectivity index (χ0v) is 29.7. The predicted molar refractivity (Wildman–Crippen MR) is 194 cm³/mol. The van der Waals surface area contributed by atoms with Crippen molar-refractivity contribution in [1.29, 1.82) is 0 Å². The molecule has 1 atom stereocenters. The van der Waals surface area contributed by atoms with E-state index < -0.39 is 12.0 Å². The Hall–Kier alpha value is -3.90. The number of carbonyl (C=O) groups excluding carboxylic acids is 1. The summed E-state index contributed by atoms with van der Waals surface area (Å²) >= 11 is 15.8. The first kappa shape index (κ1) is 33.0. The summed E-state index contributed by atoms with van der Waals surface area (Å²) in [5.41, 5.74) is 3.53. The van der Waals surface area contributed by atoms with Gasteiger partial charge in [0.15, 0.2) is 16.3 Å². The second-order valence-electron chi connectivity index (χ2n) is 10.4. The van der Waals surface area contributed by atoms with Crippen LogP contribution in [0.4, 0.5) is 0 Å². The lowest BCUT2D eigenvalue weighted by Gasteiger charge is -2.25. The molecular weight excluding hydrogens is 770 g/mol. The Kier molecular flexibility index (Phi) is 10.2. The quantitative estimate of drug-likeness (QED) is 0.115. The monoisotopic (exact) mass is 796 g/mol. The Bertz CT molecular complexity index is 2180. The SMILES string of the molecule is CCOC(=O)C1=C(c2ccccc2)N=c2s/c(=C\c3cc(I)c(OCc4cccc(Cl)c4)c(OC)c3)c(=O)n2[C@H]1c1ccc(Cl)cc1. The van der Waals surface area contributed by atoms with Crippen LogP contribution in [0.25, 0.3) is 11.8 Å². The lowest BCUT2D eigenvalue weighted by molar-refractivity contribution is -0.138. The van der Waals surface area contributed by atoms with Crippen molar-refractivity contribution in [1.82, 2.24) is 4.57 Å². The maximum absolute atomic E-state index is 14.2. The van der Waals surface area contributed by atoms with Crippen molar-refractivity contribution in [2.24, 2.45) is 4.99 Å². The molecule has 0 saturated carbocycles. The minimum Gasteiger partial charge on any atom is -0.493 e. The van der Waals surface area contributed by atoms with Gasteiger partial charge in [-0.25, -0.2) is 9.79 Å². The maximum atomic E-state index is 14.2. The van der Waals surface area contributed by atoms with Crippen LogP contribution < -0.4 is 24.4 Å². The van der Waals surface area contributed by atoms with Gasteiger partial charge in [0.05, 0.1) is 39.1 Å². The van der Waals surface area contributed by atoms with Gasteiger partial charge >= 0.3 is 5.97 Å². The topological polar surface area (TPSA) is 79.1 Å². The van der Waals surface area contributed by atoms with Crippen LogP contribution in [0.3, 0.4) is 0 Å². The number of hydrogen-bond acceptors (Lipinski definition) is 7. The third-order valence-electron chi connectivity index (χ3n) is 7.38. The number of fused-ring (bicyclic) bond motifs is 1. The average Bonchev–Trinajstić information content (AvgIpc) is 3.38. The molecule has 0 radical (unpaired) electrons. The van der Waals surface area contributed by atoms with Gasteiger partial charge < -0.3 is 14.2 Å². The highest BCUT2D eigenvalue weighted by Crippen LogP contribution is 2.37. The van der Waals surface area contributed by atoms with E-state index in [2.05, 4.69) is 22.6 Å². The Balaban J connectivity index is 1.49. The smallest absolute Gasteiger partial charge is 0.338 e. The number of benzene rings is 4. The second-order valence-corrected chi connectivity index (χ2v) is 13.5. The molecule has 47 heavy (non-hydrogen) atoms. The second kappa shape index (κ2) is 14.5. The van der Waals surface area contributed by atoms with Crippen molar-refractivity contribution in [2.75, 3.05) is 13.7 Å². The summed E-state index contributed by atoms with van der Waals surface area (Å²) in [5.74, 6) is 0.561. The predicted octanol–water partition coefficient (Wildman–Crippen LogP) is 7.43. The lowest BCUT2D eigenvalue weighted by Crippen LogP contribution is -2.40. The third-order valence-corrected chi connectivity index (χ3v) is 9.65. The largest absolute Gasteiger partial charge is 0.493 e. The first-order valence-corrected chi connectivity index (χ1v) is 17.2. The molecule has 0 N–H and O–H groups in total. The lowest BCUT2D eigenvalue weighted by atomic mass is 9.93. The molecule has 1 aliphatic rings. The summed E-state index contributed by atoms with van der Waals surface area (Å²) in [7, 11) is 1.57. The first-order chi connectivity index (χ1) is 22.8. The van der Waals surface area contributed by atoms with Crippen molar-refractivity contribution in [3.63, 3.8) is 0 Å². The third kappa shape index (κ3) is 7.03.